The molecule has 0 aromatic rings. The van der Waals surface area contributed by atoms with Gasteiger partial charge >= 0.3 is 5.97 Å². The molecule has 1 saturated heterocycles. The molecule has 0 aliphatic carbocycles. The summed E-state index contributed by atoms with van der Waals surface area (Å²) in [4.78, 5) is 25.8. The van der Waals surface area contributed by atoms with E-state index >= 15 is 0 Å². The lowest BCUT2D eigenvalue weighted by Crippen LogP contribution is -2.53. The highest BCUT2D eigenvalue weighted by Crippen LogP contribution is 2.22. The van der Waals surface area contributed by atoms with Gasteiger partial charge in [-0.1, -0.05) is 20.8 Å². The smallest absolute Gasteiger partial charge is 0.305 e. The van der Waals surface area contributed by atoms with E-state index in [2.05, 4.69) is 10.2 Å². The van der Waals surface area contributed by atoms with Crippen molar-refractivity contribution in [1.29, 1.82) is 0 Å². The second-order valence-electron chi connectivity index (χ2n) is 6.85. The molecule has 0 aromatic heterocycles. The number of amides is 1. The number of nitrogens with one attached hydrogen (secondary N) is 1. The summed E-state index contributed by atoms with van der Waals surface area (Å²) in [6.07, 6.45) is 1.19. The maximum Gasteiger partial charge on any atom is 0.305 e. The van der Waals surface area contributed by atoms with Crippen molar-refractivity contribution in [1.82, 2.24) is 10.2 Å². The summed E-state index contributed by atoms with van der Waals surface area (Å²) in [5.41, 5.74) is 5.22. The molecule has 2 unspecified atom stereocenters. The Balaban J connectivity index is 2.65. The maximum atomic E-state index is 12.1. The predicted molar refractivity (Wildman–Crippen MR) is 81.6 cm³/mol. The third-order valence-corrected chi connectivity index (χ3v) is 3.76. The monoisotopic (exact) mass is 299 g/mol. The van der Waals surface area contributed by atoms with Crippen molar-refractivity contribution in [2.45, 2.75) is 39.7 Å². The summed E-state index contributed by atoms with van der Waals surface area (Å²) in [5.74, 6) is 0.0393. The van der Waals surface area contributed by atoms with Gasteiger partial charge in [-0.25, -0.2) is 0 Å². The van der Waals surface area contributed by atoms with Crippen LogP contribution in [0.4, 0.5) is 0 Å². The minimum absolute atomic E-state index is 0.0407. The number of rotatable bonds is 5. The van der Waals surface area contributed by atoms with E-state index in [0.717, 1.165) is 26.1 Å². The van der Waals surface area contributed by atoms with Gasteiger partial charge in [0.1, 0.15) is 0 Å². The molecule has 1 fully saturated rings. The van der Waals surface area contributed by atoms with Gasteiger partial charge < -0.3 is 15.8 Å². The van der Waals surface area contributed by atoms with Crippen LogP contribution in [0.15, 0.2) is 0 Å². The first-order valence-corrected chi connectivity index (χ1v) is 7.56. The highest BCUT2D eigenvalue weighted by atomic mass is 16.5. The lowest BCUT2D eigenvalue weighted by atomic mass is 9.89. The van der Waals surface area contributed by atoms with E-state index in [1.165, 1.54) is 7.11 Å². The summed E-state index contributed by atoms with van der Waals surface area (Å²) >= 11 is 0. The van der Waals surface area contributed by atoms with Gasteiger partial charge in [-0.05, 0) is 12.3 Å². The van der Waals surface area contributed by atoms with E-state index in [4.69, 9.17) is 10.5 Å². The van der Waals surface area contributed by atoms with Crippen molar-refractivity contribution in [3.05, 3.63) is 0 Å². The van der Waals surface area contributed by atoms with Crippen LogP contribution in [0.25, 0.3) is 0 Å². The normalized spacial score (nSPS) is 23.7. The zero-order chi connectivity index (χ0) is 16.0. The minimum atomic E-state index is -0.409. The highest BCUT2D eigenvalue weighted by Gasteiger charge is 2.31. The van der Waals surface area contributed by atoms with E-state index in [1.807, 2.05) is 20.8 Å². The third-order valence-electron chi connectivity index (χ3n) is 3.76. The molecule has 1 rings (SSSR count). The minimum Gasteiger partial charge on any atom is -0.469 e. The molecule has 122 valence electrons. The molecular weight excluding hydrogens is 270 g/mol. The Morgan fingerprint density at radius 1 is 1.33 bits per heavy atom. The van der Waals surface area contributed by atoms with Crippen molar-refractivity contribution < 1.29 is 14.3 Å². The predicted octanol–water partition coefficient (Wildman–Crippen LogP) is 0.361. The third kappa shape index (κ3) is 6.01. The van der Waals surface area contributed by atoms with Crippen molar-refractivity contribution in [2.24, 2.45) is 17.1 Å². The first-order valence-electron chi connectivity index (χ1n) is 7.56. The quantitative estimate of drug-likeness (QED) is 0.716. The first kappa shape index (κ1) is 17.9. The molecule has 0 saturated carbocycles. The number of methoxy groups -OCH3 is 1. The SMILES string of the molecule is COC(=O)CC1CC(NC(=O)C(C)(C)C)CN(CCN)C1. The molecule has 6 nitrogen and oxygen atoms in total. The van der Waals surface area contributed by atoms with Gasteiger partial charge in [0.25, 0.3) is 0 Å². The number of hydrogen-bond donors (Lipinski definition) is 2. The van der Waals surface area contributed by atoms with Crippen LogP contribution < -0.4 is 11.1 Å². The van der Waals surface area contributed by atoms with Gasteiger partial charge in [-0.2, -0.15) is 0 Å². The lowest BCUT2D eigenvalue weighted by molar-refractivity contribution is -0.142. The molecule has 0 spiro atoms. The molecule has 1 aliphatic rings. The van der Waals surface area contributed by atoms with Crippen LogP contribution >= 0.6 is 0 Å². The van der Waals surface area contributed by atoms with E-state index in [9.17, 15) is 9.59 Å². The number of hydrogen-bond acceptors (Lipinski definition) is 5. The number of carbonyl (C=O) groups is 2. The number of carbonyl (C=O) groups excluding carboxylic acids is 2. The Hall–Kier alpha value is -1.14. The summed E-state index contributed by atoms with van der Waals surface area (Å²) < 4.78 is 4.75. The van der Waals surface area contributed by atoms with Crippen molar-refractivity contribution in [2.75, 3.05) is 33.3 Å². The van der Waals surface area contributed by atoms with Crippen molar-refractivity contribution in [3.8, 4) is 0 Å². The van der Waals surface area contributed by atoms with Gasteiger partial charge in [0, 0.05) is 44.1 Å². The zero-order valence-electron chi connectivity index (χ0n) is 13.6. The number of likely N-dealkylation sites (tertiary alicyclic amines) is 1. The number of esters is 1. The van der Waals surface area contributed by atoms with Crippen LogP contribution in [0.1, 0.15) is 33.6 Å². The fourth-order valence-electron chi connectivity index (χ4n) is 2.64. The summed E-state index contributed by atoms with van der Waals surface area (Å²) in [5, 5.41) is 3.09. The second kappa shape index (κ2) is 7.75. The fraction of sp³-hybridized carbons (Fsp3) is 0.867. The number of ether oxygens (including phenoxy) is 1. The molecule has 0 aromatic carbocycles. The maximum absolute atomic E-state index is 12.1. The molecule has 6 heteroatoms. The van der Waals surface area contributed by atoms with E-state index in [-0.39, 0.29) is 23.8 Å². The molecule has 1 heterocycles. The Labute approximate surface area is 127 Å². The van der Waals surface area contributed by atoms with Crippen LogP contribution in [-0.4, -0.2) is 56.1 Å². The van der Waals surface area contributed by atoms with Gasteiger partial charge in [0.2, 0.25) is 5.91 Å². The van der Waals surface area contributed by atoms with Crippen LogP contribution in [0.3, 0.4) is 0 Å². The van der Waals surface area contributed by atoms with E-state index in [1.54, 1.807) is 0 Å². The molecule has 21 heavy (non-hydrogen) atoms. The van der Waals surface area contributed by atoms with E-state index < -0.39 is 5.41 Å². The Kier molecular flexibility index (Phi) is 6.61. The van der Waals surface area contributed by atoms with E-state index in [0.29, 0.717) is 13.0 Å². The summed E-state index contributed by atoms with van der Waals surface area (Å²) in [7, 11) is 1.40. The lowest BCUT2D eigenvalue weighted by Gasteiger charge is -2.38. The van der Waals surface area contributed by atoms with Crippen LogP contribution in [0, 0.1) is 11.3 Å². The van der Waals surface area contributed by atoms with Gasteiger partial charge in [0.05, 0.1) is 7.11 Å². The Morgan fingerprint density at radius 2 is 2.00 bits per heavy atom. The molecule has 3 N–H and O–H groups in total. The number of nitrogens with zero attached hydrogens (tertiary/aromatic N) is 1. The zero-order valence-corrected chi connectivity index (χ0v) is 13.6. The topological polar surface area (TPSA) is 84.7 Å². The Bertz CT molecular complexity index is 366. The van der Waals surface area contributed by atoms with Crippen LogP contribution in [0.2, 0.25) is 0 Å². The largest absolute Gasteiger partial charge is 0.469 e. The number of nitrogens with two attached hydrogens (primary N) is 1. The van der Waals surface area contributed by atoms with Gasteiger partial charge in [0.15, 0.2) is 0 Å². The van der Waals surface area contributed by atoms with Crippen LogP contribution in [-0.2, 0) is 14.3 Å². The molecule has 1 amide bonds. The van der Waals surface area contributed by atoms with Crippen molar-refractivity contribution >= 4 is 11.9 Å². The molecule has 0 radical (unpaired) electrons. The highest BCUT2D eigenvalue weighted by molar-refractivity contribution is 5.81. The first-order chi connectivity index (χ1) is 9.76. The van der Waals surface area contributed by atoms with Gasteiger partial charge in [-0.15, -0.1) is 0 Å². The number of piperidine rings is 1. The summed E-state index contributed by atoms with van der Waals surface area (Å²) in [6, 6.07) is 0.0617. The molecule has 0 bridgehead atoms. The average Bonchev–Trinajstić information content (AvgIpc) is 2.37. The molecule has 2 atom stereocenters. The van der Waals surface area contributed by atoms with Gasteiger partial charge in [-0.3, -0.25) is 14.5 Å². The Morgan fingerprint density at radius 3 is 2.52 bits per heavy atom. The van der Waals surface area contributed by atoms with Crippen molar-refractivity contribution in [3.63, 3.8) is 0 Å². The molecule has 1 aliphatic heterocycles. The van der Waals surface area contributed by atoms with Crippen LogP contribution in [0.5, 0.6) is 0 Å². The molecular formula is C15H29N3O3. The standard InChI is InChI=1S/C15H29N3O3/c1-15(2,3)14(20)17-12-7-11(8-13(19)21-4)9-18(10-12)6-5-16/h11-12H,5-10,16H2,1-4H3,(H,17,20). The summed E-state index contributed by atoms with van der Waals surface area (Å²) in [6.45, 7) is 8.66. The second-order valence-corrected chi connectivity index (χ2v) is 6.85. The average molecular weight is 299 g/mol. The fourth-order valence-corrected chi connectivity index (χ4v) is 2.64.